The highest BCUT2D eigenvalue weighted by Gasteiger charge is 2.42. The lowest BCUT2D eigenvalue weighted by atomic mass is 10.0. The van der Waals surface area contributed by atoms with E-state index in [0.717, 1.165) is 39.0 Å². The summed E-state index contributed by atoms with van der Waals surface area (Å²) < 4.78 is 5.10. The minimum Gasteiger partial charge on any atom is -0.385 e. The van der Waals surface area contributed by atoms with Gasteiger partial charge in [0, 0.05) is 20.3 Å². The summed E-state index contributed by atoms with van der Waals surface area (Å²) in [5.41, 5.74) is 0.351. The highest BCUT2D eigenvalue weighted by atomic mass is 16.5. The summed E-state index contributed by atoms with van der Waals surface area (Å²) in [5, 5.41) is 6.30. The normalized spacial score (nSPS) is 26.7. The van der Waals surface area contributed by atoms with Crippen LogP contribution in [-0.2, 0) is 9.53 Å². The minimum atomic E-state index is 0.0539. The van der Waals surface area contributed by atoms with Crippen molar-refractivity contribution in [2.24, 2.45) is 5.41 Å². The molecule has 0 radical (unpaired) electrons. The van der Waals surface area contributed by atoms with Gasteiger partial charge in [0.25, 0.3) is 0 Å². The van der Waals surface area contributed by atoms with Crippen LogP contribution < -0.4 is 10.6 Å². The SMILES string of the molecule is COCCC1(CNC(=O)C2CCCN2)CC1. The van der Waals surface area contributed by atoms with E-state index in [2.05, 4.69) is 10.6 Å². The second kappa shape index (κ2) is 5.15. The number of carbonyl (C=O) groups is 1. The van der Waals surface area contributed by atoms with Gasteiger partial charge in [-0.25, -0.2) is 0 Å². The molecule has 1 heterocycles. The topological polar surface area (TPSA) is 50.4 Å². The number of amides is 1. The minimum absolute atomic E-state index is 0.0539. The maximum Gasteiger partial charge on any atom is 0.237 e. The van der Waals surface area contributed by atoms with Gasteiger partial charge in [0.05, 0.1) is 6.04 Å². The van der Waals surface area contributed by atoms with Gasteiger partial charge in [-0.2, -0.15) is 0 Å². The van der Waals surface area contributed by atoms with E-state index in [-0.39, 0.29) is 11.9 Å². The first kappa shape index (κ1) is 11.9. The summed E-state index contributed by atoms with van der Waals surface area (Å²) in [6, 6.07) is 0.0539. The lowest BCUT2D eigenvalue weighted by Gasteiger charge is -2.17. The van der Waals surface area contributed by atoms with Gasteiger partial charge in [0.2, 0.25) is 5.91 Å². The number of ether oxygens (including phenoxy) is 1. The first-order chi connectivity index (χ1) is 7.76. The van der Waals surface area contributed by atoms with Crippen molar-refractivity contribution in [1.82, 2.24) is 10.6 Å². The van der Waals surface area contributed by atoms with Crippen LogP contribution in [0.4, 0.5) is 0 Å². The van der Waals surface area contributed by atoms with Gasteiger partial charge in [-0.05, 0) is 44.1 Å². The van der Waals surface area contributed by atoms with E-state index in [1.807, 2.05) is 0 Å². The van der Waals surface area contributed by atoms with Crippen LogP contribution in [-0.4, -0.2) is 38.8 Å². The molecule has 0 aromatic heterocycles. The molecule has 0 aromatic rings. The molecule has 1 saturated carbocycles. The highest BCUT2D eigenvalue weighted by molar-refractivity contribution is 5.82. The van der Waals surface area contributed by atoms with E-state index in [1.165, 1.54) is 12.8 Å². The van der Waals surface area contributed by atoms with Crippen LogP contribution in [0, 0.1) is 5.41 Å². The Morgan fingerprint density at radius 2 is 2.38 bits per heavy atom. The van der Waals surface area contributed by atoms with Gasteiger partial charge in [-0.3, -0.25) is 4.79 Å². The van der Waals surface area contributed by atoms with Crippen molar-refractivity contribution in [3.05, 3.63) is 0 Å². The van der Waals surface area contributed by atoms with Gasteiger partial charge >= 0.3 is 0 Å². The Balaban J connectivity index is 1.68. The smallest absolute Gasteiger partial charge is 0.237 e. The monoisotopic (exact) mass is 226 g/mol. The Bertz CT molecular complexity index is 245. The van der Waals surface area contributed by atoms with E-state index < -0.39 is 0 Å². The largest absolute Gasteiger partial charge is 0.385 e. The lowest BCUT2D eigenvalue weighted by Crippen LogP contribution is -2.42. The summed E-state index contributed by atoms with van der Waals surface area (Å²) >= 11 is 0. The van der Waals surface area contributed by atoms with E-state index >= 15 is 0 Å². The zero-order valence-electron chi connectivity index (χ0n) is 10.1. The number of carbonyl (C=O) groups excluding carboxylic acids is 1. The number of methoxy groups -OCH3 is 1. The van der Waals surface area contributed by atoms with Crippen molar-refractivity contribution in [3.8, 4) is 0 Å². The molecule has 1 saturated heterocycles. The average Bonchev–Trinajstić information content (AvgIpc) is 2.85. The first-order valence-electron chi connectivity index (χ1n) is 6.26. The maximum atomic E-state index is 11.8. The van der Waals surface area contributed by atoms with E-state index in [1.54, 1.807) is 7.11 Å². The quantitative estimate of drug-likeness (QED) is 0.700. The molecule has 2 rings (SSSR count). The second-order valence-electron chi connectivity index (χ2n) is 5.11. The van der Waals surface area contributed by atoms with E-state index in [4.69, 9.17) is 4.74 Å². The molecule has 92 valence electrons. The average molecular weight is 226 g/mol. The number of hydrogen-bond acceptors (Lipinski definition) is 3. The summed E-state index contributed by atoms with van der Waals surface area (Å²) in [5.74, 6) is 0.182. The summed E-state index contributed by atoms with van der Waals surface area (Å²) in [6.07, 6.45) is 5.63. The Kier molecular flexibility index (Phi) is 3.82. The van der Waals surface area contributed by atoms with Crippen molar-refractivity contribution < 1.29 is 9.53 Å². The standard InChI is InChI=1S/C12H22N2O2/c1-16-8-6-12(4-5-12)9-14-11(15)10-3-2-7-13-10/h10,13H,2-9H2,1H3,(H,14,15). The number of hydrogen-bond donors (Lipinski definition) is 2. The molecule has 1 amide bonds. The van der Waals surface area contributed by atoms with Gasteiger partial charge in [0.15, 0.2) is 0 Å². The predicted octanol–water partition coefficient (Wildman–Crippen LogP) is 0.671. The third-order valence-corrected chi connectivity index (χ3v) is 3.81. The fourth-order valence-electron chi connectivity index (χ4n) is 2.32. The third kappa shape index (κ3) is 2.95. The van der Waals surface area contributed by atoms with Crippen LogP contribution in [0.5, 0.6) is 0 Å². The molecular formula is C12H22N2O2. The fourth-order valence-corrected chi connectivity index (χ4v) is 2.32. The van der Waals surface area contributed by atoms with Gasteiger partial charge in [0.1, 0.15) is 0 Å². The predicted molar refractivity (Wildman–Crippen MR) is 62.2 cm³/mol. The molecule has 0 bridgehead atoms. The number of nitrogens with one attached hydrogen (secondary N) is 2. The Hall–Kier alpha value is -0.610. The first-order valence-corrected chi connectivity index (χ1v) is 6.26. The summed E-state index contributed by atoms with van der Waals surface area (Å²) in [7, 11) is 1.73. The highest BCUT2D eigenvalue weighted by Crippen LogP contribution is 2.48. The second-order valence-corrected chi connectivity index (χ2v) is 5.11. The van der Waals surface area contributed by atoms with Crippen molar-refractivity contribution in [2.45, 2.75) is 38.1 Å². The molecule has 1 aliphatic carbocycles. The van der Waals surface area contributed by atoms with Crippen molar-refractivity contribution in [2.75, 3.05) is 26.8 Å². The molecular weight excluding hydrogens is 204 g/mol. The molecule has 2 fully saturated rings. The molecule has 2 aliphatic rings. The molecule has 4 nitrogen and oxygen atoms in total. The maximum absolute atomic E-state index is 11.8. The molecule has 0 spiro atoms. The van der Waals surface area contributed by atoms with Crippen LogP contribution in [0.3, 0.4) is 0 Å². The van der Waals surface area contributed by atoms with E-state index in [0.29, 0.717) is 5.41 Å². The fraction of sp³-hybridized carbons (Fsp3) is 0.917. The molecule has 16 heavy (non-hydrogen) atoms. The van der Waals surface area contributed by atoms with Gasteiger partial charge < -0.3 is 15.4 Å². The molecule has 0 aromatic carbocycles. The molecule has 1 aliphatic heterocycles. The van der Waals surface area contributed by atoms with Crippen LogP contribution in [0.2, 0.25) is 0 Å². The summed E-state index contributed by atoms with van der Waals surface area (Å²) in [4.78, 5) is 11.8. The van der Waals surface area contributed by atoms with Crippen molar-refractivity contribution in [3.63, 3.8) is 0 Å². The van der Waals surface area contributed by atoms with Crippen LogP contribution in [0.15, 0.2) is 0 Å². The number of rotatable bonds is 6. The van der Waals surface area contributed by atoms with Crippen LogP contribution >= 0.6 is 0 Å². The summed E-state index contributed by atoms with van der Waals surface area (Å²) in [6.45, 7) is 2.61. The van der Waals surface area contributed by atoms with Crippen molar-refractivity contribution >= 4 is 5.91 Å². The molecule has 2 N–H and O–H groups in total. The lowest BCUT2D eigenvalue weighted by molar-refractivity contribution is -0.123. The van der Waals surface area contributed by atoms with Crippen LogP contribution in [0.1, 0.15) is 32.1 Å². The zero-order valence-corrected chi connectivity index (χ0v) is 10.1. The molecule has 1 atom stereocenters. The molecule has 4 heteroatoms. The van der Waals surface area contributed by atoms with Crippen molar-refractivity contribution in [1.29, 1.82) is 0 Å². The van der Waals surface area contributed by atoms with E-state index in [9.17, 15) is 4.79 Å². The molecule has 1 unspecified atom stereocenters. The Morgan fingerprint density at radius 3 is 2.94 bits per heavy atom. The third-order valence-electron chi connectivity index (χ3n) is 3.81. The Labute approximate surface area is 97.1 Å². The van der Waals surface area contributed by atoms with Gasteiger partial charge in [-0.1, -0.05) is 0 Å². The van der Waals surface area contributed by atoms with Crippen LogP contribution in [0.25, 0.3) is 0 Å². The zero-order chi connectivity index (χ0) is 11.4. The Morgan fingerprint density at radius 1 is 1.56 bits per heavy atom. The van der Waals surface area contributed by atoms with Gasteiger partial charge in [-0.15, -0.1) is 0 Å².